The first kappa shape index (κ1) is 27.9. The molecule has 0 saturated heterocycles. The van der Waals surface area contributed by atoms with Crippen LogP contribution in [0, 0.1) is 0 Å². The van der Waals surface area contributed by atoms with Crippen molar-refractivity contribution in [2.75, 3.05) is 0 Å². The van der Waals surface area contributed by atoms with Gasteiger partial charge in [-0.2, -0.15) is 9.97 Å². The van der Waals surface area contributed by atoms with E-state index in [0.29, 0.717) is 17.6 Å². The highest BCUT2D eigenvalue weighted by Crippen LogP contribution is 2.52. The zero-order valence-electron chi connectivity index (χ0n) is 27.4. The van der Waals surface area contributed by atoms with Gasteiger partial charge >= 0.3 is 0 Å². The minimum absolute atomic E-state index is 0.124. The molecule has 4 nitrogen and oxygen atoms in total. The van der Waals surface area contributed by atoms with E-state index >= 15 is 0 Å². The molecule has 2 aliphatic rings. The van der Waals surface area contributed by atoms with Crippen LogP contribution in [0.5, 0.6) is 0 Å². The second-order valence-corrected chi connectivity index (χ2v) is 13.6. The highest BCUT2D eigenvalue weighted by Gasteiger charge is 2.36. The average Bonchev–Trinajstić information content (AvgIpc) is 3.26. The molecular weight excluding hydrogens is 597 g/mol. The summed E-state index contributed by atoms with van der Waals surface area (Å²) < 4.78 is 2.30. The Morgan fingerprint density at radius 3 is 2.20 bits per heavy atom. The fourth-order valence-corrected chi connectivity index (χ4v) is 8.14. The SMILES string of the molecule is CC1(C)c2ccccc2-c2c3c1cccc3cc1c2c2c(n1-c1nc(-c3ccccc3)nc(-c3ccc4ccccc4c3)n1)CC=CC=C2. The fraction of sp³-hybridized carbons (Fsp3) is 0.0889. The van der Waals surface area contributed by atoms with Gasteiger partial charge in [-0.25, -0.2) is 4.98 Å². The number of hydrogen-bond donors (Lipinski definition) is 0. The standard InChI is InChI=1S/C45H32N4/c1-45(2)35-21-12-11-19-33(35)41-39-31(18-13-22-36(39)45)27-38-40(41)34-20-7-4-8-23-37(34)49(38)44-47-42(29-15-5-3-6-16-29)46-43(48-44)32-25-24-28-14-9-10-17-30(28)26-32/h3-22,24-27H,23H2,1-2H3. The van der Waals surface area contributed by atoms with Crippen LogP contribution in [0.1, 0.15) is 36.2 Å². The van der Waals surface area contributed by atoms with Crippen LogP contribution in [-0.2, 0) is 11.8 Å². The molecule has 0 N–H and O–H groups in total. The number of hydrogen-bond acceptors (Lipinski definition) is 3. The smallest absolute Gasteiger partial charge is 0.238 e. The third kappa shape index (κ3) is 4.14. The molecule has 0 radical (unpaired) electrons. The third-order valence-corrected chi connectivity index (χ3v) is 10.5. The van der Waals surface area contributed by atoms with Gasteiger partial charge in [-0.15, -0.1) is 0 Å². The van der Waals surface area contributed by atoms with Crippen LogP contribution in [0.3, 0.4) is 0 Å². The van der Waals surface area contributed by atoms with Crippen LogP contribution in [0.15, 0.2) is 140 Å². The Balaban J connectivity index is 1.34. The number of allylic oxidation sites excluding steroid dienone is 3. The summed E-state index contributed by atoms with van der Waals surface area (Å²) in [6.45, 7) is 4.71. The van der Waals surface area contributed by atoms with Crippen LogP contribution >= 0.6 is 0 Å². The number of nitrogens with zero attached hydrogens (tertiary/aromatic N) is 4. The molecule has 8 aromatic rings. The summed E-state index contributed by atoms with van der Waals surface area (Å²) in [4.78, 5) is 15.6. The van der Waals surface area contributed by atoms with Gasteiger partial charge in [0.15, 0.2) is 11.6 Å². The van der Waals surface area contributed by atoms with Gasteiger partial charge < -0.3 is 0 Å². The topological polar surface area (TPSA) is 43.6 Å². The molecule has 49 heavy (non-hydrogen) atoms. The van der Waals surface area contributed by atoms with E-state index in [1.807, 2.05) is 18.2 Å². The fourth-order valence-electron chi connectivity index (χ4n) is 8.14. The van der Waals surface area contributed by atoms with Crippen molar-refractivity contribution in [1.29, 1.82) is 0 Å². The molecule has 6 aromatic carbocycles. The van der Waals surface area contributed by atoms with Gasteiger partial charge in [0, 0.05) is 45.2 Å². The van der Waals surface area contributed by atoms with E-state index in [2.05, 4.69) is 146 Å². The molecule has 4 heteroatoms. The monoisotopic (exact) mass is 628 g/mol. The molecule has 0 unspecified atom stereocenters. The summed E-state index contributed by atoms with van der Waals surface area (Å²) in [5.74, 6) is 1.93. The molecule has 2 aliphatic carbocycles. The Bertz CT molecular complexity index is 2710. The van der Waals surface area contributed by atoms with Crippen molar-refractivity contribution in [1.82, 2.24) is 19.5 Å². The van der Waals surface area contributed by atoms with E-state index in [-0.39, 0.29) is 5.41 Å². The van der Waals surface area contributed by atoms with Crippen molar-refractivity contribution in [3.05, 3.63) is 162 Å². The normalized spacial score (nSPS) is 14.2. The number of benzene rings is 6. The summed E-state index contributed by atoms with van der Waals surface area (Å²) in [5.41, 5.74) is 10.6. The van der Waals surface area contributed by atoms with Crippen LogP contribution in [0.25, 0.3) is 78.4 Å². The molecule has 0 saturated carbocycles. The van der Waals surface area contributed by atoms with Crippen LogP contribution < -0.4 is 0 Å². The largest absolute Gasteiger partial charge is 0.281 e. The lowest BCUT2D eigenvalue weighted by atomic mass is 9.68. The zero-order chi connectivity index (χ0) is 32.7. The van der Waals surface area contributed by atoms with E-state index in [1.54, 1.807) is 0 Å². The van der Waals surface area contributed by atoms with E-state index in [4.69, 9.17) is 15.0 Å². The summed E-state index contributed by atoms with van der Waals surface area (Å²) >= 11 is 0. The molecule has 2 aromatic heterocycles. The molecule has 10 rings (SSSR count). The lowest BCUT2D eigenvalue weighted by Crippen LogP contribution is -2.23. The molecule has 232 valence electrons. The maximum atomic E-state index is 5.29. The molecule has 0 fully saturated rings. The molecule has 2 heterocycles. The molecule has 0 bridgehead atoms. The molecule has 0 amide bonds. The summed E-state index contributed by atoms with van der Waals surface area (Å²) in [6, 6.07) is 43.2. The van der Waals surface area contributed by atoms with Crippen LogP contribution in [-0.4, -0.2) is 19.5 Å². The van der Waals surface area contributed by atoms with E-state index in [9.17, 15) is 0 Å². The molecule has 0 spiro atoms. The first-order valence-electron chi connectivity index (χ1n) is 16.9. The predicted octanol–water partition coefficient (Wildman–Crippen LogP) is 10.9. The van der Waals surface area contributed by atoms with Crippen molar-refractivity contribution < 1.29 is 0 Å². The molecule has 0 aliphatic heterocycles. The lowest BCUT2D eigenvalue weighted by Gasteiger charge is -2.35. The summed E-state index contributed by atoms with van der Waals surface area (Å²) in [7, 11) is 0. The van der Waals surface area contributed by atoms with Gasteiger partial charge in [-0.05, 0) is 50.4 Å². The van der Waals surface area contributed by atoms with Crippen molar-refractivity contribution in [3.63, 3.8) is 0 Å². The summed E-state index contributed by atoms with van der Waals surface area (Å²) in [5, 5.41) is 6.14. The van der Waals surface area contributed by atoms with Crippen LogP contribution in [0.2, 0.25) is 0 Å². The zero-order valence-corrected chi connectivity index (χ0v) is 27.4. The van der Waals surface area contributed by atoms with E-state index in [1.165, 1.54) is 55.1 Å². The highest BCUT2D eigenvalue weighted by atomic mass is 15.2. The van der Waals surface area contributed by atoms with E-state index in [0.717, 1.165) is 28.5 Å². The van der Waals surface area contributed by atoms with Crippen molar-refractivity contribution in [2.24, 2.45) is 0 Å². The number of rotatable bonds is 3. The van der Waals surface area contributed by atoms with Gasteiger partial charge in [0.1, 0.15) is 0 Å². The van der Waals surface area contributed by atoms with Crippen molar-refractivity contribution >= 4 is 38.5 Å². The second-order valence-electron chi connectivity index (χ2n) is 13.6. The summed E-state index contributed by atoms with van der Waals surface area (Å²) in [6.07, 6.45) is 9.57. The minimum Gasteiger partial charge on any atom is -0.281 e. The Labute approximate surface area is 284 Å². The van der Waals surface area contributed by atoms with Gasteiger partial charge in [-0.3, -0.25) is 4.57 Å². The first-order chi connectivity index (χ1) is 24.1. The van der Waals surface area contributed by atoms with Gasteiger partial charge in [0.05, 0.1) is 5.52 Å². The maximum Gasteiger partial charge on any atom is 0.238 e. The third-order valence-electron chi connectivity index (χ3n) is 10.5. The second kappa shape index (κ2) is 10.4. The molecular formula is C45H32N4. The lowest BCUT2D eigenvalue weighted by molar-refractivity contribution is 0.645. The average molecular weight is 629 g/mol. The first-order valence-corrected chi connectivity index (χ1v) is 16.9. The Hall–Kier alpha value is -6.13. The van der Waals surface area contributed by atoms with Gasteiger partial charge in [0.25, 0.3) is 0 Å². The van der Waals surface area contributed by atoms with Crippen molar-refractivity contribution in [2.45, 2.75) is 25.7 Å². The van der Waals surface area contributed by atoms with Crippen molar-refractivity contribution in [3.8, 4) is 39.9 Å². The number of aromatic nitrogens is 4. The van der Waals surface area contributed by atoms with Crippen LogP contribution in [0.4, 0.5) is 0 Å². The predicted molar refractivity (Wildman–Crippen MR) is 202 cm³/mol. The van der Waals surface area contributed by atoms with Gasteiger partial charge in [0.2, 0.25) is 5.95 Å². The Morgan fingerprint density at radius 2 is 1.33 bits per heavy atom. The van der Waals surface area contributed by atoms with Gasteiger partial charge in [-0.1, -0.05) is 147 Å². The number of fused-ring (bicyclic) bond motifs is 7. The molecule has 0 atom stereocenters. The Kier molecular flexibility index (Phi) is 5.95. The maximum absolute atomic E-state index is 5.29. The quantitative estimate of drug-likeness (QED) is 0.196. The van der Waals surface area contributed by atoms with E-state index < -0.39 is 0 Å². The minimum atomic E-state index is -0.124. The Morgan fingerprint density at radius 1 is 0.592 bits per heavy atom. The highest BCUT2D eigenvalue weighted by molar-refractivity contribution is 6.18.